The molecule has 0 spiro atoms. The van der Waals surface area contributed by atoms with Crippen molar-refractivity contribution in [2.45, 2.75) is 45.6 Å². The van der Waals surface area contributed by atoms with Gasteiger partial charge in [-0.05, 0) is 39.5 Å². The minimum atomic E-state index is -0.783. The Morgan fingerprint density at radius 3 is 2.16 bits per heavy atom. The summed E-state index contributed by atoms with van der Waals surface area (Å²) in [5.41, 5.74) is 0. The second-order valence-electron chi connectivity index (χ2n) is 5.01. The zero-order chi connectivity index (χ0) is 14.4. The molecule has 2 amide bonds. The van der Waals surface area contributed by atoms with Crippen molar-refractivity contribution in [2.75, 3.05) is 6.54 Å². The highest BCUT2D eigenvalue weighted by molar-refractivity contribution is 5.88. The Labute approximate surface area is 112 Å². The van der Waals surface area contributed by atoms with Gasteiger partial charge in [0.25, 0.3) is 0 Å². The molecular formula is C13H22N2O4. The van der Waals surface area contributed by atoms with E-state index in [1.54, 1.807) is 6.92 Å². The fourth-order valence-electron chi connectivity index (χ4n) is 2.33. The molecular weight excluding hydrogens is 248 g/mol. The Morgan fingerprint density at radius 1 is 1.16 bits per heavy atom. The summed E-state index contributed by atoms with van der Waals surface area (Å²) in [5, 5.41) is 14.2. The van der Waals surface area contributed by atoms with Crippen LogP contribution in [0.15, 0.2) is 0 Å². The molecule has 0 radical (unpaired) electrons. The van der Waals surface area contributed by atoms with Crippen molar-refractivity contribution in [3.05, 3.63) is 0 Å². The average molecular weight is 270 g/mol. The van der Waals surface area contributed by atoms with Gasteiger partial charge in [0, 0.05) is 12.5 Å². The lowest BCUT2D eigenvalue weighted by molar-refractivity contribution is -0.144. The SMILES string of the molecule is CCNC(=O)C(C)NC(=O)C1CCC(C(=O)O)CC1. The van der Waals surface area contributed by atoms with Gasteiger partial charge in [0.05, 0.1) is 5.92 Å². The summed E-state index contributed by atoms with van der Waals surface area (Å²) < 4.78 is 0. The van der Waals surface area contributed by atoms with Crippen LogP contribution in [-0.2, 0) is 14.4 Å². The maximum Gasteiger partial charge on any atom is 0.306 e. The number of carboxylic acid groups (broad SMARTS) is 1. The Balaban J connectivity index is 2.39. The summed E-state index contributed by atoms with van der Waals surface area (Å²) in [7, 11) is 0. The first-order valence-electron chi connectivity index (χ1n) is 6.76. The zero-order valence-corrected chi connectivity index (χ0v) is 11.4. The van der Waals surface area contributed by atoms with E-state index in [1.165, 1.54) is 0 Å². The van der Waals surface area contributed by atoms with Gasteiger partial charge < -0.3 is 15.7 Å². The molecule has 0 aliphatic heterocycles. The number of carboxylic acids is 1. The van der Waals surface area contributed by atoms with Crippen LogP contribution in [0.3, 0.4) is 0 Å². The van der Waals surface area contributed by atoms with Crippen LogP contribution in [0.25, 0.3) is 0 Å². The highest BCUT2D eigenvalue weighted by Gasteiger charge is 2.30. The third-order valence-electron chi connectivity index (χ3n) is 3.55. The fourth-order valence-corrected chi connectivity index (χ4v) is 2.33. The lowest BCUT2D eigenvalue weighted by Gasteiger charge is -2.26. The van der Waals surface area contributed by atoms with E-state index in [9.17, 15) is 14.4 Å². The lowest BCUT2D eigenvalue weighted by atomic mass is 9.81. The molecule has 0 aromatic carbocycles. The Hall–Kier alpha value is -1.59. The molecule has 3 N–H and O–H groups in total. The van der Waals surface area contributed by atoms with Crippen molar-refractivity contribution in [2.24, 2.45) is 11.8 Å². The summed E-state index contributed by atoms with van der Waals surface area (Å²) in [4.78, 5) is 34.3. The summed E-state index contributed by atoms with van der Waals surface area (Å²) >= 11 is 0. The molecule has 1 rings (SSSR count). The van der Waals surface area contributed by atoms with Crippen LogP contribution in [0, 0.1) is 11.8 Å². The molecule has 1 unspecified atom stereocenters. The molecule has 1 fully saturated rings. The van der Waals surface area contributed by atoms with Crippen molar-refractivity contribution >= 4 is 17.8 Å². The van der Waals surface area contributed by atoms with Crippen molar-refractivity contribution in [1.82, 2.24) is 10.6 Å². The van der Waals surface area contributed by atoms with Crippen LogP contribution < -0.4 is 10.6 Å². The predicted octanol–water partition coefficient (Wildman–Crippen LogP) is 0.518. The summed E-state index contributed by atoms with van der Waals surface area (Å²) in [6.45, 7) is 3.99. The van der Waals surface area contributed by atoms with Gasteiger partial charge in [0.2, 0.25) is 11.8 Å². The van der Waals surface area contributed by atoms with Gasteiger partial charge >= 0.3 is 5.97 Å². The molecule has 1 aliphatic rings. The van der Waals surface area contributed by atoms with Crippen molar-refractivity contribution in [3.63, 3.8) is 0 Å². The number of rotatable bonds is 5. The molecule has 0 heterocycles. The summed E-state index contributed by atoms with van der Waals surface area (Å²) in [6, 6.07) is -0.551. The van der Waals surface area contributed by atoms with Gasteiger partial charge in [-0.3, -0.25) is 14.4 Å². The minimum absolute atomic E-state index is 0.150. The fraction of sp³-hybridized carbons (Fsp3) is 0.769. The monoisotopic (exact) mass is 270 g/mol. The number of aliphatic carboxylic acids is 1. The highest BCUT2D eigenvalue weighted by Crippen LogP contribution is 2.29. The van der Waals surface area contributed by atoms with Crippen LogP contribution in [-0.4, -0.2) is 35.5 Å². The molecule has 1 atom stereocenters. The van der Waals surface area contributed by atoms with Crippen molar-refractivity contribution < 1.29 is 19.5 Å². The van der Waals surface area contributed by atoms with E-state index < -0.39 is 12.0 Å². The van der Waals surface area contributed by atoms with Crippen LogP contribution in [0.1, 0.15) is 39.5 Å². The third-order valence-corrected chi connectivity index (χ3v) is 3.55. The van der Waals surface area contributed by atoms with E-state index in [-0.39, 0.29) is 23.7 Å². The van der Waals surface area contributed by atoms with E-state index in [0.717, 1.165) is 0 Å². The van der Waals surface area contributed by atoms with Crippen molar-refractivity contribution in [1.29, 1.82) is 0 Å². The van der Waals surface area contributed by atoms with Crippen LogP contribution >= 0.6 is 0 Å². The Bertz CT molecular complexity index is 349. The molecule has 108 valence electrons. The summed E-state index contributed by atoms with van der Waals surface area (Å²) in [6.07, 6.45) is 2.21. The Morgan fingerprint density at radius 2 is 1.68 bits per heavy atom. The number of likely N-dealkylation sites (N-methyl/N-ethyl adjacent to an activating group) is 1. The van der Waals surface area contributed by atoms with Crippen LogP contribution in [0.4, 0.5) is 0 Å². The molecule has 6 heteroatoms. The number of carbonyl (C=O) groups is 3. The number of hydrogen-bond acceptors (Lipinski definition) is 3. The van der Waals surface area contributed by atoms with Gasteiger partial charge in [0.15, 0.2) is 0 Å². The van der Waals surface area contributed by atoms with Gasteiger partial charge in [-0.25, -0.2) is 0 Å². The predicted molar refractivity (Wildman–Crippen MR) is 69.4 cm³/mol. The first-order chi connectivity index (χ1) is 8.95. The third kappa shape index (κ3) is 4.54. The number of nitrogens with one attached hydrogen (secondary N) is 2. The molecule has 0 bridgehead atoms. The van der Waals surface area contributed by atoms with Gasteiger partial charge in [-0.15, -0.1) is 0 Å². The van der Waals surface area contributed by atoms with Crippen LogP contribution in [0.5, 0.6) is 0 Å². The Kier molecular flexibility index (Phi) is 5.79. The van der Waals surface area contributed by atoms with E-state index in [1.807, 2.05) is 6.92 Å². The minimum Gasteiger partial charge on any atom is -0.481 e. The molecule has 6 nitrogen and oxygen atoms in total. The number of hydrogen-bond donors (Lipinski definition) is 3. The van der Waals surface area contributed by atoms with E-state index in [2.05, 4.69) is 10.6 Å². The van der Waals surface area contributed by atoms with E-state index in [4.69, 9.17) is 5.11 Å². The maximum absolute atomic E-state index is 12.0. The standard InChI is InChI=1S/C13H22N2O4/c1-3-14-11(16)8(2)15-12(17)9-4-6-10(7-5-9)13(18)19/h8-10H,3-7H2,1-2H3,(H,14,16)(H,15,17)(H,18,19). The second-order valence-corrected chi connectivity index (χ2v) is 5.01. The molecule has 19 heavy (non-hydrogen) atoms. The first-order valence-corrected chi connectivity index (χ1v) is 6.76. The average Bonchev–Trinajstić information content (AvgIpc) is 2.38. The molecule has 0 saturated heterocycles. The smallest absolute Gasteiger partial charge is 0.306 e. The molecule has 1 saturated carbocycles. The highest BCUT2D eigenvalue weighted by atomic mass is 16.4. The molecule has 1 aliphatic carbocycles. The number of carbonyl (C=O) groups excluding carboxylic acids is 2. The largest absolute Gasteiger partial charge is 0.481 e. The van der Waals surface area contributed by atoms with Gasteiger partial charge in [-0.1, -0.05) is 0 Å². The summed E-state index contributed by atoms with van der Waals surface area (Å²) in [5.74, 6) is -1.63. The first kappa shape index (κ1) is 15.5. The molecule has 0 aromatic heterocycles. The van der Waals surface area contributed by atoms with E-state index >= 15 is 0 Å². The topological polar surface area (TPSA) is 95.5 Å². The quantitative estimate of drug-likeness (QED) is 0.678. The maximum atomic E-state index is 12.0. The second kappa shape index (κ2) is 7.11. The number of amides is 2. The zero-order valence-electron chi connectivity index (χ0n) is 11.4. The normalized spacial score (nSPS) is 24.3. The van der Waals surface area contributed by atoms with Gasteiger partial charge in [-0.2, -0.15) is 0 Å². The van der Waals surface area contributed by atoms with Gasteiger partial charge in [0.1, 0.15) is 6.04 Å². The van der Waals surface area contributed by atoms with Crippen LogP contribution in [0.2, 0.25) is 0 Å². The van der Waals surface area contributed by atoms with E-state index in [0.29, 0.717) is 32.2 Å². The lowest BCUT2D eigenvalue weighted by Crippen LogP contribution is -2.47. The van der Waals surface area contributed by atoms with Crippen molar-refractivity contribution in [3.8, 4) is 0 Å². The molecule has 0 aromatic rings.